The third-order valence-corrected chi connectivity index (χ3v) is 3.31. The molecule has 3 aromatic rings. The molecule has 1 aliphatic rings. The first-order valence-electron chi connectivity index (χ1n) is 7.25. The Bertz CT molecular complexity index is 877. The van der Waals surface area contributed by atoms with Gasteiger partial charge in [-0.15, -0.1) is 0 Å². The zero-order chi connectivity index (χ0) is 14.8. The maximum absolute atomic E-state index is 5.85. The van der Waals surface area contributed by atoms with Crippen LogP contribution < -0.4 is 4.74 Å². The molecule has 2 aromatic heterocycles. The van der Waals surface area contributed by atoms with Crippen LogP contribution in [0.25, 0.3) is 11.2 Å². The monoisotopic (exact) mass is 287 g/mol. The quantitative estimate of drug-likeness (QED) is 0.680. The molecule has 0 spiro atoms. The van der Waals surface area contributed by atoms with E-state index in [2.05, 4.69) is 26.8 Å². The van der Waals surface area contributed by atoms with E-state index in [1.54, 1.807) is 6.20 Å². The van der Waals surface area contributed by atoms with Crippen LogP contribution in [0.1, 0.15) is 24.1 Å². The predicted octanol–water partition coefficient (Wildman–Crippen LogP) is 2.97. The zero-order valence-electron chi connectivity index (χ0n) is 11.9. The highest BCUT2D eigenvalue weighted by Gasteiger charge is 2.25. The van der Waals surface area contributed by atoms with E-state index < -0.39 is 0 Å². The van der Waals surface area contributed by atoms with Crippen molar-refractivity contribution in [3.05, 3.63) is 59.9 Å². The number of benzene rings is 1. The van der Waals surface area contributed by atoms with E-state index in [1.807, 2.05) is 42.5 Å². The Morgan fingerprint density at radius 3 is 2.64 bits per heavy atom. The third kappa shape index (κ3) is 2.75. The van der Waals surface area contributed by atoms with Gasteiger partial charge >= 0.3 is 0 Å². The predicted molar refractivity (Wildman–Crippen MR) is 83.4 cm³/mol. The van der Waals surface area contributed by atoms with Crippen molar-refractivity contribution in [1.29, 1.82) is 0 Å². The van der Waals surface area contributed by atoms with Crippen LogP contribution in [0.5, 0.6) is 5.88 Å². The number of fused-ring (bicyclic) bond motifs is 1. The number of hydrogen-bond acceptors (Lipinski definition) is 4. The number of rotatable bonds is 2. The first kappa shape index (κ1) is 12.8. The maximum atomic E-state index is 5.85. The molecule has 1 aromatic carbocycles. The summed E-state index contributed by atoms with van der Waals surface area (Å²) in [6.45, 7) is 0. The molecular formula is C18H13N3O. The van der Waals surface area contributed by atoms with Crippen molar-refractivity contribution in [3.8, 4) is 17.7 Å². The molecule has 0 unspecified atom stereocenters. The highest BCUT2D eigenvalue weighted by atomic mass is 16.5. The summed E-state index contributed by atoms with van der Waals surface area (Å²) in [6, 6.07) is 13.5. The Morgan fingerprint density at radius 1 is 0.955 bits per heavy atom. The fraction of sp³-hybridized carbons (Fsp3) is 0.167. The summed E-state index contributed by atoms with van der Waals surface area (Å²) in [5, 5.41) is 0. The van der Waals surface area contributed by atoms with Gasteiger partial charge in [0.25, 0.3) is 0 Å². The van der Waals surface area contributed by atoms with Gasteiger partial charge in [-0.1, -0.05) is 24.1 Å². The molecule has 22 heavy (non-hydrogen) atoms. The lowest BCUT2D eigenvalue weighted by Crippen LogP contribution is -2.03. The molecule has 4 rings (SSSR count). The van der Waals surface area contributed by atoms with Gasteiger partial charge < -0.3 is 4.74 Å². The van der Waals surface area contributed by atoms with Crippen molar-refractivity contribution in [1.82, 2.24) is 15.0 Å². The molecule has 0 aliphatic heterocycles. The highest BCUT2D eigenvalue weighted by molar-refractivity contribution is 5.71. The van der Waals surface area contributed by atoms with Gasteiger partial charge in [0.2, 0.25) is 5.88 Å². The average Bonchev–Trinajstić information content (AvgIpc) is 3.38. The van der Waals surface area contributed by atoms with Gasteiger partial charge in [-0.2, -0.15) is 0 Å². The molecule has 2 heterocycles. The SMILES string of the molecule is C(#Cc1nc2ncccc2nc1OC1CC1)c1ccccc1. The molecule has 0 saturated heterocycles. The van der Waals surface area contributed by atoms with E-state index in [1.165, 1.54) is 0 Å². The van der Waals surface area contributed by atoms with E-state index >= 15 is 0 Å². The number of pyridine rings is 1. The van der Waals surface area contributed by atoms with Gasteiger partial charge in [0.05, 0.1) is 0 Å². The van der Waals surface area contributed by atoms with Crippen LogP contribution in [0.2, 0.25) is 0 Å². The summed E-state index contributed by atoms with van der Waals surface area (Å²) in [6.07, 6.45) is 4.09. The molecule has 1 saturated carbocycles. The number of nitrogens with zero attached hydrogens (tertiary/aromatic N) is 3. The number of aromatic nitrogens is 3. The molecule has 0 atom stereocenters. The molecule has 4 nitrogen and oxygen atoms in total. The molecular weight excluding hydrogens is 274 g/mol. The number of hydrogen-bond donors (Lipinski definition) is 0. The van der Waals surface area contributed by atoms with Gasteiger partial charge in [0.1, 0.15) is 11.6 Å². The van der Waals surface area contributed by atoms with E-state index in [4.69, 9.17) is 4.74 Å². The molecule has 1 fully saturated rings. The second-order valence-corrected chi connectivity index (χ2v) is 5.16. The van der Waals surface area contributed by atoms with Crippen molar-refractivity contribution in [3.63, 3.8) is 0 Å². The fourth-order valence-corrected chi connectivity index (χ4v) is 2.04. The smallest absolute Gasteiger partial charge is 0.249 e. The van der Waals surface area contributed by atoms with Crippen LogP contribution in [0.3, 0.4) is 0 Å². The van der Waals surface area contributed by atoms with E-state index in [-0.39, 0.29) is 6.10 Å². The summed E-state index contributed by atoms with van der Waals surface area (Å²) >= 11 is 0. The van der Waals surface area contributed by atoms with E-state index in [9.17, 15) is 0 Å². The molecule has 0 N–H and O–H groups in total. The molecule has 0 amide bonds. The number of ether oxygens (including phenoxy) is 1. The molecule has 1 aliphatic carbocycles. The Kier molecular flexibility index (Phi) is 3.17. The van der Waals surface area contributed by atoms with Crippen LogP contribution >= 0.6 is 0 Å². The van der Waals surface area contributed by atoms with Crippen molar-refractivity contribution in [2.75, 3.05) is 0 Å². The van der Waals surface area contributed by atoms with Gasteiger partial charge in [-0.3, -0.25) is 0 Å². The summed E-state index contributed by atoms with van der Waals surface area (Å²) in [7, 11) is 0. The second kappa shape index (κ2) is 5.45. The van der Waals surface area contributed by atoms with Crippen molar-refractivity contribution < 1.29 is 4.74 Å². The summed E-state index contributed by atoms with van der Waals surface area (Å²) in [5.74, 6) is 6.67. The molecule has 106 valence electrons. The zero-order valence-corrected chi connectivity index (χ0v) is 11.9. The maximum Gasteiger partial charge on any atom is 0.249 e. The standard InChI is InChI=1S/C18H13N3O/c1-2-5-13(6-3-1)8-11-16-18(22-14-9-10-14)21-15-7-4-12-19-17(15)20-16/h1-7,12,14H,9-10H2. The van der Waals surface area contributed by atoms with Crippen molar-refractivity contribution in [2.45, 2.75) is 18.9 Å². The molecule has 4 heteroatoms. The van der Waals surface area contributed by atoms with Gasteiger partial charge in [0.15, 0.2) is 11.3 Å². The first-order chi connectivity index (χ1) is 10.9. The summed E-state index contributed by atoms with van der Waals surface area (Å²) < 4.78 is 5.85. The van der Waals surface area contributed by atoms with E-state index in [0.29, 0.717) is 17.2 Å². The Balaban J connectivity index is 1.78. The third-order valence-electron chi connectivity index (χ3n) is 3.31. The average molecular weight is 287 g/mol. The lowest BCUT2D eigenvalue weighted by atomic mass is 10.2. The largest absolute Gasteiger partial charge is 0.472 e. The van der Waals surface area contributed by atoms with Crippen LogP contribution in [-0.2, 0) is 0 Å². The van der Waals surface area contributed by atoms with Gasteiger partial charge in [-0.05, 0) is 43.0 Å². The lowest BCUT2D eigenvalue weighted by molar-refractivity contribution is 0.290. The minimum atomic E-state index is 0.251. The van der Waals surface area contributed by atoms with Crippen LogP contribution in [0.15, 0.2) is 48.7 Å². The topological polar surface area (TPSA) is 47.9 Å². The Morgan fingerprint density at radius 2 is 1.82 bits per heavy atom. The Hall–Kier alpha value is -2.93. The summed E-state index contributed by atoms with van der Waals surface area (Å²) in [5.41, 5.74) is 2.79. The van der Waals surface area contributed by atoms with Crippen LogP contribution in [0.4, 0.5) is 0 Å². The second-order valence-electron chi connectivity index (χ2n) is 5.16. The van der Waals surface area contributed by atoms with Gasteiger partial charge in [0, 0.05) is 11.8 Å². The minimum absolute atomic E-state index is 0.251. The fourth-order valence-electron chi connectivity index (χ4n) is 2.04. The first-order valence-corrected chi connectivity index (χ1v) is 7.25. The minimum Gasteiger partial charge on any atom is -0.472 e. The molecule has 0 bridgehead atoms. The van der Waals surface area contributed by atoms with Crippen molar-refractivity contribution in [2.24, 2.45) is 0 Å². The van der Waals surface area contributed by atoms with Crippen molar-refractivity contribution >= 4 is 11.2 Å². The van der Waals surface area contributed by atoms with Crippen LogP contribution in [-0.4, -0.2) is 21.1 Å². The normalized spacial score (nSPS) is 13.5. The highest BCUT2D eigenvalue weighted by Crippen LogP contribution is 2.27. The van der Waals surface area contributed by atoms with E-state index in [0.717, 1.165) is 23.9 Å². The van der Waals surface area contributed by atoms with Crippen LogP contribution in [0, 0.1) is 11.8 Å². The Labute approximate surface area is 128 Å². The molecule has 0 radical (unpaired) electrons. The summed E-state index contributed by atoms with van der Waals surface area (Å²) in [4.78, 5) is 13.3. The lowest BCUT2D eigenvalue weighted by Gasteiger charge is -2.06. The van der Waals surface area contributed by atoms with Gasteiger partial charge in [-0.25, -0.2) is 15.0 Å².